The Labute approximate surface area is 214 Å². The summed E-state index contributed by atoms with van der Waals surface area (Å²) < 4.78 is 32.5. The Balaban J connectivity index is 1.40. The van der Waals surface area contributed by atoms with Crippen molar-refractivity contribution in [2.75, 3.05) is 0 Å². The maximum absolute atomic E-state index is 15.3. The molecule has 3 aromatic carbocycles. The van der Waals surface area contributed by atoms with E-state index in [1.54, 1.807) is 6.92 Å². The van der Waals surface area contributed by atoms with Crippen molar-refractivity contribution in [1.82, 2.24) is 15.2 Å². The van der Waals surface area contributed by atoms with Crippen LogP contribution >= 0.6 is 23.2 Å². The van der Waals surface area contributed by atoms with Gasteiger partial charge in [-0.1, -0.05) is 47.5 Å². The minimum atomic E-state index is -0.704. The second kappa shape index (κ2) is 9.82. The van der Waals surface area contributed by atoms with Crippen LogP contribution in [0, 0.1) is 24.1 Å². The molecular weight excluding hydrogens is 506 g/mol. The number of nitriles is 1. The largest absolute Gasteiger partial charge is 0.453 e. The highest BCUT2D eigenvalue weighted by Crippen LogP contribution is 2.36. The molecule has 2 heterocycles. The second-order valence-electron chi connectivity index (χ2n) is 7.71. The fourth-order valence-electron chi connectivity index (χ4n) is 3.49. The highest BCUT2D eigenvalue weighted by molar-refractivity contribution is 6.32. The molecule has 0 radical (unpaired) electrons. The van der Waals surface area contributed by atoms with E-state index < -0.39 is 5.82 Å². The topological polar surface area (TPSA) is 98.0 Å². The first-order chi connectivity index (χ1) is 17.4. The Bertz CT molecular complexity index is 1610. The van der Waals surface area contributed by atoms with Gasteiger partial charge in [0.25, 0.3) is 5.89 Å². The van der Waals surface area contributed by atoms with Crippen molar-refractivity contribution in [3.8, 4) is 40.6 Å². The van der Waals surface area contributed by atoms with Gasteiger partial charge >= 0.3 is 0 Å². The smallest absolute Gasteiger partial charge is 0.269 e. The number of halogens is 3. The van der Waals surface area contributed by atoms with Crippen molar-refractivity contribution in [2.45, 2.75) is 13.3 Å². The number of aryl methyl sites for hydroxylation is 1. The molecule has 5 rings (SSSR count). The zero-order valence-electron chi connectivity index (χ0n) is 18.6. The summed E-state index contributed by atoms with van der Waals surface area (Å²) >= 11 is 12.2. The van der Waals surface area contributed by atoms with E-state index in [0.29, 0.717) is 17.3 Å². The van der Waals surface area contributed by atoms with Gasteiger partial charge in [-0.05, 0) is 43.3 Å². The average Bonchev–Trinajstić information content (AvgIpc) is 3.50. The molecule has 0 saturated heterocycles. The standard InChI is InChI=1S/C26H15Cl2FN4O3/c1-14-23(31-25(34-14)16-5-3-2-4-6-16)26-33-32-21(36-26)11-17-7-8-20(28)24(22(17)29)35-19-10-15(13-30)9-18(27)12-19/h2-10,12H,11H2,1H3. The van der Waals surface area contributed by atoms with Gasteiger partial charge in [-0.25, -0.2) is 9.37 Å². The molecule has 0 bridgehead atoms. The van der Waals surface area contributed by atoms with Gasteiger partial charge < -0.3 is 13.6 Å². The third-order valence-electron chi connectivity index (χ3n) is 5.18. The zero-order chi connectivity index (χ0) is 25.2. The van der Waals surface area contributed by atoms with Crippen LogP contribution in [-0.4, -0.2) is 15.2 Å². The van der Waals surface area contributed by atoms with Gasteiger partial charge in [0.05, 0.1) is 23.1 Å². The van der Waals surface area contributed by atoms with Crippen LogP contribution in [0.15, 0.2) is 69.5 Å². The van der Waals surface area contributed by atoms with E-state index in [-0.39, 0.29) is 50.9 Å². The van der Waals surface area contributed by atoms with Crippen LogP contribution in [0.4, 0.5) is 4.39 Å². The molecule has 0 N–H and O–H groups in total. The molecule has 0 unspecified atom stereocenters. The number of rotatable bonds is 6. The van der Waals surface area contributed by atoms with Crippen molar-refractivity contribution >= 4 is 23.2 Å². The number of nitrogens with zero attached hydrogens (tertiary/aromatic N) is 4. The summed E-state index contributed by atoms with van der Waals surface area (Å²) in [6, 6.07) is 18.7. The normalized spacial score (nSPS) is 10.9. The van der Waals surface area contributed by atoms with Crippen LogP contribution in [0.25, 0.3) is 23.0 Å². The molecule has 36 heavy (non-hydrogen) atoms. The van der Waals surface area contributed by atoms with Gasteiger partial charge in [0.2, 0.25) is 11.8 Å². The number of hydrogen-bond donors (Lipinski definition) is 0. The predicted octanol–water partition coefficient (Wildman–Crippen LogP) is 7.40. The van der Waals surface area contributed by atoms with Crippen LogP contribution in [0.1, 0.15) is 22.8 Å². The van der Waals surface area contributed by atoms with Crippen LogP contribution in [-0.2, 0) is 6.42 Å². The van der Waals surface area contributed by atoms with Gasteiger partial charge in [0.1, 0.15) is 11.5 Å². The molecule has 0 amide bonds. The van der Waals surface area contributed by atoms with Crippen molar-refractivity contribution in [1.29, 1.82) is 5.26 Å². The predicted molar refractivity (Wildman–Crippen MR) is 130 cm³/mol. The summed E-state index contributed by atoms with van der Waals surface area (Å²) in [7, 11) is 0. The molecule has 0 fully saturated rings. The summed E-state index contributed by atoms with van der Waals surface area (Å²) in [5.41, 5.74) is 1.70. The van der Waals surface area contributed by atoms with Crippen LogP contribution in [0.2, 0.25) is 10.0 Å². The lowest BCUT2D eigenvalue weighted by Crippen LogP contribution is -1.98. The highest BCUT2D eigenvalue weighted by Gasteiger charge is 2.21. The lowest BCUT2D eigenvalue weighted by atomic mass is 10.1. The SMILES string of the molecule is Cc1oc(-c2ccccc2)nc1-c1nnc(Cc2ccc(Cl)c(Oc3cc(Cl)cc(C#N)c3)c2F)o1. The molecular formula is C26H15Cl2FN4O3. The molecule has 0 saturated carbocycles. The summed E-state index contributed by atoms with van der Waals surface area (Å²) in [6.07, 6.45) is -0.0200. The molecule has 5 aromatic rings. The van der Waals surface area contributed by atoms with E-state index in [9.17, 15) is 0 Å². The van der Waals surface area contributed by atoms with Gasteiger partial charge in [-0.2, -0.15) is 5.26 Å². The van der Waals surface area contributed by atoms with Crippen molar-refractivity contribution in [3.63, 3.8) is 0 Å². The van der Waals surface area contributed by atoms with Gasteiger partial charge in [-0.15, -0.1) is 10.2 Å². The Morgan fingerprint density at radius 2 is 1.81 bits per heavy atom. The Kier molecular flexibility index (Phi) is 6.42. The Morgan fingerprint density at radius 1 is 1.00 bits per heavy atom. The number of oxazole rings is 1. The van der Waals surface area contributed by atoms with Gasteiger partial charge in [-0.3, -0.25) is 0 Å². The average molecular weight is 521 g/mol. The zero-order valence-corrected chi connectivity index (χ0v) is 20.1. The number of ether oxygens (including phenoxy) is 1. The maximum atomic E-state index is 15.3. The first-order valence-electron chi connectivity index (χ1n) is 10.6. The lowest BCUT2D eigenvalue weighted by molar-refractivity contribution is 0.437. The summed E-state index contributed by atoms with van der Waals surface area (Å²) in [4.78, 5) is 4.47. The first kappa shape index (κ1) is 23.5. The molecule has 0 aliphatic heterocycles. The monoisotopic (exact) mass is 520 g/mol. The molecule has 0 atom stereocenters. The van der Waals surface area contributed by atoms with Crippen molar-refractivity contribution in [3.05, 3.63) is 99.3 Å². The number of benzene rings is 3. The molecule has 178 valence electrons. The molecule has 2 aromatic heterocycles. The van der Waals surface area contributed by atoms with E-state index in [2.05, 4.69) is 15.2 Å². The van der Waals surface area contributed by atoms with E-state index in [1.165, 1.54) is 30.3 Å². The fraction of sp³-hybridized carbons (Fsp3) is 0.0769. The molecule has 0 aliphatic rings. The van der Waals surface area contributed by atoms with Crippen molar-refractivity contribution < 1.29 is 18.0 Å². The summed E-state index contributed by atoms with van der Waals surface area (Å²) in [6.45, 7) is 1.74. The number of hydrogen-bond acceptors (Lipinski definition) is 7. The Hall–Kier alpha value is -4.19. The quantitative estimate of drug-likeness (QED) is 0.230. The molecule has 10 heteroatoms. The van der Waals surface area contributed by atoms with Crippen molar-refractivity contribution in [2.24, 2.45) is 0 Å². The third kappa shape index (κ3) is 4.80. The third-order valence-corrected chi connectivity index (χ3v) is 5.69. The van der Waals surface area contributed by atoms with Crippen LogP contribution in [0.3, 0.4) is 0 Å². The number of aromatic nitrogens is 3. The van der Waals surface area contributed by atoms with Crippen LogP contribution < -0.4 is 4.74 Å². The van der Waals surface area contributed by atoms with E-state index in [1.807, 2.05) is 36.4 Å². The minimum Gasteiger partial charge on any atom is -0.453 e. The van der Waals surface area contributed by atoms with E-state index in [0.717, 1.165) is 5.56 Å². The van der Waals surface area contributed by atoms with Crippen LogP contribution in [0.5, 0.6) is 11.5 Å². The van der Waals surface area contributed by atoms with Gasteiger partial charge in [0.15, 0.2) is 17.3 Å². The minimum absolute atomic E-state index is 0.0200. The maximum Gasteiger partial charge on any atom is 0.269 e. The Morgan fingerprint density at radius 3 is 2.58 bits per heavy atom. The van der Waals surface area contributed by atoms with E-state index >= 15 is 4.39 Å². The lowest BCUT2D eigenvalue weighted by Gasteiger charge is -2.11. The summed E-state index contributed by atoms with van der Waals surface area (Å²) in [5, 5.41) is 17.5. The second-order valence-corrected chi connectivity index (χ2v) is 8.55. The van der Waals surface area contributed by atoms with Gasteiger partial charge in [0, 0.05) is 16.1 Å². The van der Waals surface area contributed by atoms with E-state index in [4.69, 9.17) is 42.0 Å². The highest BCUT2D eigenvalue weighted by atomic mass is 35.5. The molecule has 0 spiro atoms. The fourth-order valence-corrected chi connectivity index (χ4v) is 3.90. The first-order valence-corrected chi connectivity index (χ1v) is 11.4. The summed E-state index contributed by atoms with van der Waals surface area (Å²) in [5.74, 6) is 0.514. The molecule has 7 nitrogen and oxygen atoms in total. The molecule has 0 aliphatic carbocycles.